The summed E-state index contributed by atoms with van der Waals surface area (Å²) in [5.41, 5.74) is 4.97. The Kier molecular flexibility index (Phi) is 5.80. The lowest BCUT2D eigenvalue weighted by molar-refractivity contribution is 0.420. The number of benzene rings is 2. The Morgan fingerprint density at radius 3 is 2.61 bits per heavy atom. The molecule has 1 fully saturated rings. The Morgan fingerprint density at radius 1 is 1.06 bits per heavy atom. The van der Waals surface area contributed by atoms with Crippen molar-refractivity contribution in [3.63, 3.8) is 0 Å². The van der Waals surface area contributed by atoms with Gasteiger partial charge in [0.05, 0.1) is 0 Å². The molecule has 0 saturated heterocycles. The van der Waals surface area contributed by atoms with Crippen LogP contribution in [0.1, 0.15) is 49.4 Å². The molecular weight excluding hydrogens is 472 g/mol. The number of nitrogens with one attached hydrogen (secondary N) is 2. The highest BCUT2D eigenvalue weighted by atomic mass is 32.1. The highest BCUT2D eigenvalue weighted by molar-refractivity contribution is 7.71. The maximum atomic E-state index is 13.3. The summed E-state index contributed by atoms with van der Waals surface area (Å²) in [6.45, 7) is 0.502. The van der Waals surface area contributed by atoms with Crippen molar-refractivity contribution in [2.45, 2.75) is 44.6 Å². The molecule has 3 heterocycles. The fraction of sp³-hybridized carbons (Fsp3) is 0.308. The molecular formula is C26H26N8OS. The van der Waals surface area contributed by atoms with E-state index in [1.165, 1.54) is 23.8 Å². The molecule has 0 radical (unpaired) electrons. The number of fused-ring (bicyclic) bond motifs is 1. The molecule has 5 aromatic rings. The number of hydrogen-bond donors (Lipinski definition) is 2. The van der Waals surface area contributed by atoms with Crippen LogP contribution >= 0.6 is 12.2 Å². The lowest BCUT2D eigenvalue weighted by Crippen LogP contribution is -2.22. The first-order valence-electron chi connectivity index (χ1n) is 12.2. The van der Waals surface area contributed by atoms with Gasteiger partial charge in [0.15, 0.2) is 15.9 Å². The van der Waals surface area contributed by atoms with Crippen LogP contribution in [-0.2, 0) is 13.6 Å². The zero-order valence-corrected chi connectivity index (χ0v) is 20.8. The fourth-order valence-electron chi connectivity index (χ4n) is 5.25. The smallest absolute Gasteiger partial charge is 0.280 e. The van der Waals surface area contributed by atoms with Crippen LogP contribution < -0.4 is 5.56 Å². The molecule has 0 bridgehead atoms. The van der Waals surface area contributed by atoms with Crippen molar-refractivity contribution >= 4 is 23.4 Å². The fourth-order valence-corrected chi connectivity index (χ4v) is 5.43. The van der Waals surface area contributed by atoms with Crippen molar-refractivity contribution in [3.05, 3.63) is 75.0 Å². The van der Waals surface area contributed by atoms with Crippen molar-refractivity contribution < 1.29 is 0 Å². The van der Waals surface area contributed by atoms with Crippen molar-refractivity contribution in [1.29, 1.82) is 0 Å². The maximum absolute atomic E-state index is 13.3. The number of aromatic amines is 2. The van der Waals surface area contributed by atoms with Gasteiger partial charge in [-0.1, -0.05) is 61.7 Å². The molecule has 3 aromatic heterocycles. The van der Waals surface area contributed by atoms with E-state index < -0.39 is 0 Å². The molecule has 0 unspecified atom stereocenters. The van der Waals surface area contributed by atoms with E-state index in [2.05, 4.69) is 60.5 Å². The number of nitrogens with zero attached hydrogens (tertiary/aromatic N) is 6. The topological polar surface area (TPSA) is 110 Å². The molecule has 2 N–H and O–H groups in total. The average Bonchev–Trinajstić information content (AvgIpc) is 3.57. The van der Waals surface area contributed by atoms with Crippen LogP contribution in [0.4, 0.5) is 0 Å². The van der Waals surface area contributed by atoms with Crippen LogP contribution in [0.3, 0.4) is 0 Å². The maximum Gasteiger partial charge on any atom is 0.280 e. The molecule has 6 rings (SSSR count). The molecule has 0 aliphatic heterocycles. The van der Waals surface area contributed by atoms with Crippen LogP contribution in [0.25, 0.3) is 33.7 Å². The Morgan fingerprint density at radius 2 is 1.86 bits per heavy atom. The third-order valence-electron chi connectivity index (χ3n) is 7.10. The zero-order valence-electron chi connectivity index (χ0n) is 19.9. The summed E-state index contributed by atoms with van der Waals surface area (Å²) >= 11 is 5.37. The second kappa shape index (κ2) is 9.27. The van der Waals surface area contributed by atoms with Crippen molar-refractivity contribution in [3.8, 4) is 22.5 Å². The van der Waals surface area contributed by atoms with E-state index in [0.29, 0.717) is 34.2 Å². The first-order chi connectivity index (χ1) is 17.6. The number of aromatic nitrogens is 8. The third-order valence-corrected chi connectivity index (χ3v) is 7.48. The molecule has 0 amide bonds. The van der Waals surface area contributed by atoms with E-state index >= 15 is 0 Å². The predicted molar refractivity (Wildman–Crippen MR) is 140 cm³/mol. The molecule has 2 aromatic carbocycles. The molecule has 182 valence electrons. The average molecular weight is 499 g/mol. The van der Waals surface area contributed by atoms with Crippen LogP contribution in [0.15, 0.2) is 53.3 Å². The first-order valence-corrected chi connectivity index (χ1v) is 12.6. The van der Waals surface area contributed by atoms with Crippen LogP contribution in [0, 0.1) is 4.77 Å². The minimum atomic E-state index is -0.136. The van der Waals surface area contributed by atoms with Gasteiger partial charge in [-0.3, -0.25) is 9.36 Å². The van der Waals surface area contributed by atoms with Crippen LogP contribution in [0.2, 0.25) is 0 Å². The van der Waals surface area contributed by atoms with Crippen LogP contribution in [0.5, 0.6) is 0 Å². The van der Waals surface area contributed by atoms with Gasteiger partial charge in [0.2, 0.25) is 5.82 Å². The number of hydrogen-bond acceptors (Lipinski definition) is 6. The van der Waals surface area contributed by atoms with E-state index in [-0.39, 0.29) is 5.56 Å². The summed E-state index contributed by atoms with van der Waals surface area (Å²) in [4.78, 5) is 21.4. The molecule has 0 spiro atoms. The molecule has 0 atom stereocenters. The molecule has 10 heteroatoms. The molecule has 36 heavy (non-hydrogen) atoms. The zero-order chi connectivity index (χ0) is 24.6. The summed E-state index contributed by atoms with van der Waals surface area (Å²) in [5, 5.41) is 14.8. The van der Waals surface area contributed by atoms with E-state index in [1.54, 1.807) is 7.05 Å². The van der Waals surface area contributed by atoms with Crippen molar-refractivity contribution in [2.24, 2.45) is 7.05 Å². The summed E-state index contributed by atoms with van der Waals surface area (Å²) in [5.74, 6) is 1.80. The second-order valence-electron chi connectivity index (χ2n) is 9.36. The minimum Gasteiger partial charge on any atom is -0.317 e. The number of H-pyrrole nitrogens is 2. The normalized spacial score (nSPS) is 14.5. The molecule has 1 aliphatic carbocycles. The first kappa shape index (κ1) is 22.5. The lowest BCUT2D eigenvalue weighted by Gasteiger charge is -2.22. The highest BCUT2D eigenvalue weighted by Crippen LogP contribution is 2.35. The van der Waals surface area contributed by atoms with Gasteiger partial charge in [-0.2, -0.15) is 5.21 Å². The quantitative estimate of drug-likeness (QED) is 0.339. The summed E-state index contributed by atoms with van der Waals surface area (Å²) < 4.78 is 3.93. The van der Waals surface area contributed by atoms with E-state index in [0.717, 1.165) is 40.9 Å². The van der Waals surface area contributed by atoms with Crippen molar-refractivity contribution in [1.82, 2.24) is 39.7 Å². The van der Waals surface area contributed by atoms with Gasteiger partial charge < -0.3 is 9.55 Å². The van der Waals surface area contributed by atoms with Gasteiger partial charge in [0.25, 0.3) is 5.56 Å². The molecule has 1 aliphatic rings. The SMILES string of the molecule is Cn1c(=S)[nH]c2nc(C3CCCCC3)n(Cc3ccc(-c4ccccc4)c(-c4nn[nH]n4)c3)c2c1=O. The Bertz CT molecular complexity index is 1640. The monoisotopic (exact) mass is 498 g/mol. The lowest BCUT2D eigenvalue weighted by atomic mass is 9.88. The van der Waals surface area contributed by atoms with Gasteiger partial charge in [-0.15, -0.1) is 10.2 Å². The van der Waals surface area contributed by atoms with Crippen LogP contribution in [-0.4, -0.2) is 39.7 Å². The predicted octanol–water partition coefficient (Wildman–Crippen LogP) is 4.74. The Labute approximate surface area is 212 Å². The Hall–Kier alpha value is -3.92. The van der Waals surface area contributed by atoms with E-state index in [4.69, 9.17) is 17.2 Å². The molecule has 1 saturated carbocycles. The standard InChI is InChI=1S/C26H26N8OS/c1-33-25(35)21-23(28-26(33)36)27-24(18-10-6-3-7-11-18)34(21)15-16-12-13-19(17-8-4-2-5-9-17)20(14-16)22-29-31-32-30-22/h2,4-5,8-9,12-14,18H,3,6-7,10-11,15H2,1H3,(H,28,36)(H,29,30,31,32). The van der Waals surface area contributed by atoms with Gasteiger partial charge in [-0.05, 0) is 53.0 Å². The number of imidazole rings is 1. The molecule has 9 nitrogen and oxygen atoms in total. The number of rotatable bonds is 5. The third kappa shape index (κ3) is 3.97. The largest absolute Gasteiger partial charge is 0.317 e. The van der Waals surface area contributed by atoms with E-state index in [1.807, 2.05) is 18.2 Å². The summed E-state index contributed by atoms with van der Waals surface area (Å²) in [7, 11) is 1.70. The minimum absolute atomic E-state index is 0.136. The van der Waals surface area contributed by atoms with Crippen molar-refractivity contribution in [2.75, 3.05) is 0 Å². The van der Waals surface area contributed by atoms with E-state index in [9.17, 15) is 4.79 Å². The summed E-state index contributed by atoms with van der Waals surface area (Å²) in [6, 6.07) is 16.4. The highest BCUT2D eigenvalue weighted by Gasteiger charge is 2.25. The Balaban J connectivity index is 1.51. The second-order valence-corrected chi connectivity index (χ2v) is 9.75. The van der Waals surface area contributed by atoms with Gasteiger partial charge in [0.1, 0.15) is 5.82 Å². The number of tetrazole rings is 1. The van der Waals surface area contributed by atoms with Gasteiger partial charge in [0, 0.05) is 25.1 Å². The summed E-state index contributed by atoms with van der Waals surface area (Å²) in [6.07, 6.45) is 5.75. The van der Waals surface area contributed by atoms with Gasteiger partial charge >= 0.3 is 0 Å². The van der Waals surface area contributed by atoms with Gasteiger partial charge in [-0.25, -0.2) is 4.98 Å².